The van der Waals surface area contributed by atoms with Crippen molar-refractivity contribution in [2.45, 2.75) is 27.7 Å². The van der Waals surface area contributed by atoms with E-state index < -0.39 is 0 Å². The van der Waals surface area contributed by atoms with Crippen molar-refractivity contribution in [1.82, 2.24) is 0 Å². The zero-order valence-corrected chi connectivity index (χ0v) is 12.9. The minimum Gasteiger partial charge on any atom is -0.346 e. The van der Waals surface area contributed by atoms with Gasteiger partial charge in [-0.05, 0) is 24.6 Å². The number of quaternary nitrogens is 1. The van der Waals surface area contributed by atoms with Gasteiger partial charge in [-0.3, -0.25) is 0 Å². The third-order valence-electron chi connectivity index (χ3n) is 3.09. The summed E-state index contributed by atoms with van der Waals surface area (Å²) in [5.41, 5.74) is 0. The van der Waals surface area contributed by atoms with E-state index in [4.69, 9.17) is 0 Å². The Morgan fingerprint density at radius 3 is 1.27 bits per heavy atom. The molecule has 0 aromatic rings. The number of hydrogen-bond acceptors (Lipinski definition) is 0. The first-order valence-corrected chi connectivity index (χ1v) is 10.3. The predicted octanol–water partition coefficient (Wildman–Crippen LogP) is 2.59. The Balaban J connectivity index is 3.30. The van der Waals surface area contributed by atoms with Crippen molar-refractivity contribution < 1.29 is 5.32 Å². The van der Waals surface area contributed by atoms with Crippen LogP contribution in [-0.2, 0) is 0 Å². The Morgan fingerprint density at radius 2 is 1.00 bits per heavy atom. The Hall–Kier alpha value is 0.820. The van der Waals surface area contributed by atoms with Crippen LogP contribution in [-0.4, -0.2) is 50.1 Å². The fourth-order valence-corrected chi connectivity index (χ4v) is 5.03. The quantitative estimate of drug-likeness (QED) is 0.453. The Morgan fingerprint density at radius 1 is 0.667 bits per heavy atom. The third-order valence-corrected chi connectivity index (χ3v) is 8.45. The lowest BCUT2D eigenvalue weighted by molar-refractivity contribution is -0.646. The summed E-state index contributed by atoms with van der Waals surface area (Å²) in [5.74, 6) is 0. The molecular weight excluding hydrogens is 220 g/mol. The summed E-state index contributed by atoms with van der Waals surface area (Å²) in [7, 11) is 0.757. The molecule has 0 heterocycles. The first-order valence-electron chi connectivity index (χ1n) is 6.54. The van der Waals surface area contributed by atoms with Crippen LogP contribution in [0.4, 0.5) is 0 Å². The lowest BCUT2D eigenvalue weighted by Gasteiger charge is -2.14. The molecule has 0 radical (unpaired) electrons. The van der Waals surface area contributed by atoms with Crippen molar-refractivity contribution in [3.63, 3.8) is 0 Å². The molecule has 0 saturated carbocycles. The van der Waals surface area contributed by atoms with Crippen molar-refractivity contribution in [3.8, 4) is 0 Å². The standard InChI is InChI=1S/C12H29NP2/c1-5-14(6-2)11-9-13-10-12-15(7-3)8-4/h13H,5-12H2,1-4H3/p+1. The van der Waals surface area contributed by atoms with Gasteiger partial charge >= 0.3 is 0 Å². The molecule has 1 nitrogen and oxygen atoms in total. The molecule has 0 saturated heterocycles. The highest BCUT2D eigenvalue weighted by atomic mass is 31.1. The zero-order valence-electron chi connectivity index (χ0n) is 11.1. The maximum absolute atomic E-state index is 2.56. The molecule has 0 amide bonds. The molecule has 92 valence electrons. The average Bonchev–Trinajstić information content (AvgIpc) is 2.29. The first kappa shape index (κ1) is 15.8. The van der Waals surface area contributed by atoms with E-state index in [1.165, 1.54) is 50.1 Å². The highest BCUT2D eigenvalue weighted by Gasteiger charge is 2.05. The van der Waals surface area contributed by atoms with Crippen LogP contribution in [0.25, 0.3) is 0 Å². The van der Waals surface area contributed by atoms with Gasteiger partial charge in [0.15, 0.2) is 0 Å². The lowest BCUT2D eigenvalue weighted by Crippen LogP contribution is -2.85. The number of hydrogen-bond donors (Lipinski definition) is 1. The topological polar surface area (TPSA) is 16.6 Å². The molecule has 0 fully saturated rings. The van der Waals surface area contributed by atoms with Crippen molar-refractivity contribution in [2.75, 3.05) is 50.1 Å². The van der Waals surface area contributed by atoms with Crippen LogP contribution in [0.2, 0.25) is 0 Å². The van der Waals surface area contributed by atoms with Crippen LogP contribution < -0.4 is 5.32 Å². The van der Waals surface area contributed by atoms with Gasteiger partial charge in [0.2, 0.25) is 0 Å². The molecule has 0 bridgehead atoms. The summed E-state index contributed by atoms with van der Waals surface area (Å²) in [4.78, 5) is 0. The number of nitrogens with two attached hydrogens (primary N) is 1. The molecule has 0 aliphatic rings. The van der Waals surface area contributed by atoms with Gasteiger partial charge in [-0.25, -0.2) is 0 Å². The molecule has 0 aromatic carbocycles. The van der Waals surface area contributed by atoms with Gasteiger partial charge in [0.1, 0.15) is 0 Å². The largest absolute Gasteiger partial charge is 0.346 e. The van der Waals surface area contributed by atoms with Gasteiger partial charge in [-0.2, -0.15) is 0 Å². The minimum absolute atomic E-state index is 0.379. The Labute approximate surface area is 99.3 Å². The van der Waals surface area contributed by atoms with E-state index in [-0.39, 0.29) is 0 Å². The van der Waals surface area contributed by atoms with Crippen LogP contribution in [0.3, 0.4) is 0 Å². The van der Waals surface area contributed by atoms with E-state index >= 15 is 0 Å². The fourth-order valence-electron chi connectivity index (χ4n) is 1.77. The van der Waals surface area contributed by atoms with Gasteiger partial charge < -0.3 is 5.32 Å². The predicted molar refractivity (Wildman–Crippen MR) is 77.4 cm³/mol. The van der Waals surface area contributed by atoms with E-state index in [1.807, 2.05) is 0 Å². The second-order valence-electron chi connectivity index (χ2n) is 3.92. The third kappa shape index (κ3) is 8.61. The van der Waals surface area contributed by atoms with Gasteiger partial charge in [-0.1, -0.05) is 27.7 Å². The SMILES string of the molecule is CCP(CC)CC[NH2+]CCP(CC)CC. The highest BCUT2D eigenvalue weighted by molar-refractivity contribution is 7.57. The summed E-state index contributed by atoms with van der Waals surface area (Å²) >= 11 is 0. The second-order valence-corrected chi connectivity index (χ2v) is 10.0. The molecule has 0 aliphatic heterocycles. The molecule has 0 unspecified atom stereocenters. The molecule has 3 heteroatoms. The summed E-state index contributed by atoms with van der Waals surface area (Å²) in [6, 6.07) is 0. The lowest BCUT2D eigenvalue weighted by atomic mass is 10.6. The van der Waals surface area contributed by atoms with Crippen molar-refractivity contribution in [2.24, 2.45) is 0 Å². The molecule has 15 heavy (non-hydrogen) atoms. The van der Waals surface area contributed by atoms with Crippen molar-refractivity contribution in [3.05, 3.63) is 0 Å². The second kappa shape index (κ2) is 11.3. The number of rotatable bonds is 10. The Bertz CT molecular complexity index is 109. The van der Waals surface area contributed by atoms with Crippen LogP contribution in [0, 0.1) is 0 Å². The fraction of sp³-hybridized carbons (Fsp3) is 1.00. The molecule has 0 atom stereocenters. The highest BCUT2D eigenvalue weighted by Crippen LogP contribution is 2.33. The first-order chi connectivity index (χ1) is 7.28. The van der Waals surface area contributed by atoms with Crippen LogP contribution >= 0.6 is 15.8 Å². The molecule has 0 spiro atoms. The van der Waals surface area contributed by atoms with Crippen LogP contribution in [0.1, 0.15) is 27.7 Å². The normalized spacial score (nSPS) is 11.6. The van der Waals surface area contributed by atoms with Gasteiger partial charge in [0.25, 0.3) is 0 Å². The minimum atomic E-state index is 0.379. The summed E-state index contributed by atoms with van der Waals surface area (Å²) in [5, 5.41) is 2.56. The van der Waals surface area contributed by atoms with E-state index in [1.54, 1.807) is 0 Å². The maximum atomic E-state index is 2.56. The van der Waals surface area contributed by atoms with Crippen molar-refractivity contribution in [1.29, 1.82) is 0 Å². The average molecular weight is 250 g/mol. The molecule has 0 aromatic heterocycles. The van der Waals surface area contributed by atoms with Crippen molar-refractivity contribution >= 4 is 15.8 Å². The monoisotopic (exact) mass is 250 g/mol. The smallest absolute Gasteiger partial charge is 0.0795 e. The summed E-state index contributed by atoms with van der Waals surface area (Å²) in [6.07, 6.45) is 8.68. The molecule has 0 aliphatic carbocycles. The molecule has 0 rings (SSSR count). The summed E-state index contributed by atoms with van der Waals surface area (Å²) in [6.45, 7) is 12.2. The van der Waals surface area contributed by atoms with Gasteiger partial charge in [0, 0.05) is 12.3 Å². The van der Waals surface area contributed by atoms with E-state index in [0.717, 1.165) is 0 Å². The van der Waals surface area contributed by atoms with E-state index in [2.05, 4.69) is 33.0 Å². The van der Waals surface area contributed by atoms with Gasteiger partial charge in [0.05, 0.1) is 13.1 Å². The Kier molecular flexibility index (Phi) is 11.9. The van der Waals surface area contributed by atoms with Crippen LogP contribution in [0.5, 0.6) is 0 Å². The van der Waals surface area contributed by atoms with E-state index in [9.17, 15) is 0 Å². The van der Waals surface area contributed by atoms with Crippen LogP contribution in [0.15, 0.2) is 0 Å². The zero-order chi connectivity index (χ0) is 11.5. The van der Waals surface area contributed by atoms with E-state index in [0.29, 0.717) is 15.8 Å². The molecular formula is C12H30NP2+. The van der Waals surface area contributed by atoms with Gasteiger partial charge in [-0.15, -0.1) is 15.8 Å². The summed E-state index contributed by atoms with van der Waals surface area (Å²) < 4.78 is 0. The maximum Gasteiger partial charge on any atom is 0.0795 e. The molecule has 2 N–H and O–H groups in total.